The van der Waals surface area contributed by atoms with Crippen LogP contribution in [0.5, 0.6) is 0 Å². The Morgan fingerprint density at radius 2 is 2.00 bits per heavy atom. The van der Waals surface area contributed by atoms with Crippen molar-refractivity contribution in [3.05, 3.63) is 29.8 Å². The lowest BCUT2D eigenvalue weighted by Gasteiger charge is -2.29. The molecule has 1 saturated heterocycles. The van der Waals surface area contributed by atoms with Gasteiger partial charge in [-0.1, -0.05) is 18.2 Å². The zero-order chi connectivity index (χ0) is 18.7. The molecule has 7 heteroatoms. The molecule has 0 bridgehead atoms. The van der Waals surface area contributed by atoms with Crippen LogP contribution < -0.4 is 0 Å². The molecule has 2 atom stereocenters. The molecule has 0 radical (unpaired) electrons. The average molecular weight is 376 g/mol. The van der Waals surface area contributed by atoms with Crippen molar-refractivity contribution >= 4 is 29.5 Å². The van der Waals surface area contributed by atoms with E-state index < -0.39 is 5.97 Å². The number of amides is 2. The first-order chi connectivity index (χ1) is 12.5. The summed E-state index contributed by atoms with van der Waals surface area (Å²) in [6.07, 6.45) is 2.13. The molecule has 3 rings (SSSR count). The highest BCUT2D eigenvalue weighted by molar-refractivity contribution is 7.99. The third-order valence-electron chi connectivity index (χ3n) is 5.16. The molecule has 2 heterocycles. The molecule has 2 aliphatic rings. The number of rotatable bonds is 4. The highest BCUT2D eigenvalue weighted by Crippen LogP contribution is 2.40. The molecule has 0 saturated carbocycles. The number of nitrogens with zero attached hydrogens (tertiary/aromatic N) is 2. The number of carboxylic acids is 1. The van der Waals surface area contributed by atoms with Crippen LogP contribution in [-0.4, -0.2) is 64.1 Å². The fourth-order valence-corrected chi connectivity index (χ4v) is 5.06. The van der Waals surface area contributed by atoms with E-state index in [1.807, 2.05) is 23.1 Å². The minimum atomic E-state index is -1.00. The normalized spacial score (nSPS) is 22.4. The highest BCUT2D eigenvalue weighted by atomic mass is 32.2. The van der Waals surface area contributed by atoms with Crippen LogP contribution in [0.3, 0.4) is 0 Å². The minimum absolute atomic E-state index is 0.101. The third-order valence-corrected chi connectivity index (χ3v) is 6.34. The van der Waals surface area contributed by atoms with E-state index in [1.54, 1.807) is 11.8 Å². The first kappa shape index (κ1) is 18.8. The van der Waals surface area contributed by atoms with E-state index >= 15 is 0 Å². The number of thioether (sulfide) groups is 1. The number of benzene rings is 1. The van der Waals surface area contributed by atoms with Gasteiger partial charge in [-0.25, -0.2) is 0 Å². The molecule has 2 unspecified atom stereocenters. The average Bonchev–Trinajstić information content (AvgIpc) is 2.88. The Bertz CT molecular complexity index is 709. The van der Waals surface area contributed by atoms with E-state index in [-0.39, 0.29) is 30.3 Å². The quantitative estimate of drug-likeness (QED) is 0.872. The van der Waals surface area contributed by atoms with Crippen molar-refractivity contribution in [2.24, 2.45) is 0 Å². The zero-order valence-corrected chi connectivity index (χ0v) is 15.7. The summed E-state index contributed by atoms with van der Waals surface area (Å²) >= 11 is 1.72. The number of hydrogen-bond donors (Lipinski definition) is 1. The molecule has 6 nitrogen and oxygen atoms in total. The first-order valence-corrected chi connectivity index (χ1v) is 9.95. The van der Waals surface area contributed by atoms with Crippen LogP contribution in [0, 0.1) is 0 Å². The van der Waals surface area contributed by atoms with Gasteiger partial charge in [-0.2, -0.15) is 0 Å². The Labute approximate surface area is 157 Å². The van der Waals surface area contributed by atoms with E-state index in [4.69, 9.17) is 5.11 Å². The van der Waals surface area contributed by atoms with Crippen molar-refractivity contribution in [3.8, 4) is 0 Å². The van der Waals surface area contributed by atoms with E-state index in [2.05, 4.69) is 6.07 Å². The lowest BCUT2D eigenvalue weighted by atomic mass is 10.00. The second kappa shape index (κ2) is 8.12. The van der Waals surface area contributed by atoms with Gasteiger partial charge in [-0.15, -0.1) is 11.8 Å². The zero-order valence-electron chi connectivity index (χ0n) is 14.9. The molecule has 0 aromatic heterocycles. The first-order valence-electron chi connectivity index (χ1n) is 8.97. The predicted molar refractivity (Wildman–Crippen MR) is 99.1 cm³/mol. The number of carbonyl (C=O) groups excluding carboxylic acids is 2. The van der Waals surface area contributed by atoms with Crippen LogP contribution in [0.2, 0.25) is 0 Å². The maximum atomic E-state index is 13.0. The van der Waals surface area contributed by atoms with Gasteiger partial charge in [0.05, 0.1) is 5.92 Å². The van der Waals surface area contributed by atoms with Crippen molar-refractivity contribution in [1.29, 1.82) is 0 Å². The van der Waals surface area contributed by atoms with Gasteiger partial charge in [0.15, 0.2) is 0 Å². The summed E-state index contributed by atoms with van der Waals surface area (Å²) in [7, 11) is 0. The number of aliphatic carboxylic acids is 1. The van der Waals surface area contributed by atoms with E-state index in [1.165, 1.54) is 16.7 Å². The van der Waals surface area contributed by atoms with Crippen LogP contribution in [0.1, 0.15) is 37.7 Å². The Hall–Kier alpha value is -2.02. The molecule has 1 aromatic rings. The molecule has 140 valence electrons. The summed E-state index contributed by atoms with van der Waals surface area (Å²) in [4.78, 5) is 40.4. The predicted octanol–water partition coefficient (Wildman–Crippen LogP) is 2.19. The Morgan fingerprint density at radius 3 is 2.73 bits per heavy atom. The SMILES string of the molecule is CC(=O)N(CC(=O)O)C1CCCN(C(=O)C2CSc3ccccc32)CC1. The molecular weight excluding hydrogens is 352 g/mol. The van der Waals surface area contributed by atoms with Crippen LogP contribution in [0.25, 0.3) is 0 Å². The Kier molecular flexibility index (Phi) is 5.86. The van der Waals surface area contributed by atoms with Gasteiger partial charge in [-0.3, -0.25) is 14.4 Å². The molecule has 1 N–H and O–H groups in total. The standard InChI is InChI=1S/C19H24N2O4S/c1-13(22)21(11-18(23)24)14-5-4-9-20(10-8-14)19(25)16-12-26-17-7-3-2-6-15(16)17/h2-3,6-7,14,16H,4-5,8-12H2,1H3,(H,23,24). The van der Waals surface area contributed by atoms with Crippen molar-refractivity contribution in [1.82, 2.24) is 9.80 Å². The van der Waals surface area contributed by atoms with Crippen LogP contribution >= 0.6 is 11.8 Å². The second-order valence-electron chi connectivity index (χ2n) is 6.85. The second-order valence-corrected chi connectivity index (χ2v) is 7.91. The van der Waals surface area contributed by atoms with E-state index in [0.29, 0.717) is 19.5 Å². The number of fused-ring (bicyclic) bond motifs is 1. The van der Waals surface area contributed by atoms with Gasteiger partial charge in [0, 0.05) is 36.7 Å². The summed E-state index contributed by atoms with van der Waals surface area (Å²) in [6.45, 7) is 2.36. The molecule has 26 heavy (non-hydrogen) atoms. The van der Waals surface area contributed by atoms with Gasteiger partial charge < -0.3 is 14.9 Å². The summed E-state index contributed by atoms with van der Waals surface area (Å²) in [5.74, 6) is -0.405. The fourth-order valence-electron chi connectivity index (χ4n) is 3.84. The summed E-state index contributed by atoms with van der Waals surface area (Å²) in [5.41, 5.74) is 1.11. The summed E-state index contributed by atoms with van der Waals surface area (Å²) < 4.78 is 0. The molecule has 1 fully saturated rings. The van der Waals surface area contributed by atoms with Gasteiger partial charge in [-0.05, 0) is 30.9 Å². The lowest BCUT2D eigenvalue weighted by molar-refractivity contribution is -0.145. The Balaban J connectivity index is 1.66. The molecule has 2 aliphatic heterocycles. The van der Waals surface area contributed by atoms with Gasteiger partial charge >= 0.3 is 5.97 Å². The van der Waals surface area contributed by atoms with Crippen molar-refractivity contribution in [2.75, 3.05) is 25.4 Å². The lowest BCUT2D eigenvalue weighted by Crippen LogP contribution is -2.43. The maximum absolute atomic E-state index is 13.0. The minimum Gasteiger partial charge on any atom is -0.480 e. The smallest absolute Gasteiger partial charge is 0.323 e. The van der Waals surface area contributed by atoms with E-state index in [0.717, 1.165) is 24.2 Å². The number of carboxylic acid groups (broad SMARTS) is 1. The number of likely N-dealkylation sites (tertiary alicyclic amines) is 1. The summed E-state index contributed by atoms with van der Waals surface area (Å²) in [6, 6.07) is 7.94. The van der Waals surface area contributed by atoms with Gasteiger partial charge in [0.2, 0.25) is 11.8 Å². The summed E-state index contributed by atoms with van der Waals surface area (Å²) in [5, 5.41) is 9.05. The van der Waals surface area contributed by atoms with Crippen molar-refractivity contribution < 1.29 is 19.5 Å². The van der Waals surface area contributed by atoms with E-state index in [9.17, 15) is 14.4 Å². The molecular formula is C19H24N2O4S. The third kappa shape index (κ3) is 4.03. The number of carbonyl (C=O) groups is 3. The fraction of sp³-hybridized carbons (Fsp3) is 0.526. The Morgan fingerprint density at radius 1 is 1.23 bits per heavy atom. The topological polar surface area (TPSA) is 77.9 Å². The molecule has 1 aromatic carbocycles. The monoisotopic (exact) mass is 376 g/mol. The molecule has 2 amide bonds. The molecule has 0 aliphatic carbocycles. The number of hydrogen-bond acceptors (Lipinski definition) is 4. The van der Waals surface area contributed by atoms with Gasteiger partial charge in [0.1, 0.15) is 6.54 Å². The van der Waals surface area contributed by atoms with Crippen LogP contribution in [0.4, 0.5) is 0 Å². The van der Waals surface area contributed by atoms with Crippen molar-refractivity contribution in [2.45, 2.75) is 43.0 Å². The largest absolute Gasteiger partial charge is 0.480 e. The highest BCUT2D eigenvalue weighted by Gasteiger charge is 2.34. The maximum Gasteiger partial charge on any atom is 0.323 e. The van der Waals surface area contributed by atoms with Crippen molar-refractivity contribution in [3.63, 3.8) is 0 Å². The van der Waals surface area contributed by atoms with Gasteiger partial charge in [0.25, 0.3) is 0 Å². The molecule has 0 spiro atoms. The van der Waals surface area contributed by atoms with Crippen LogP contribution in [0.15, 0.2) is 29.2 Å². The van der Waals surface area contributed by atoms with Crippen LogP contribution in [-0.2, 0) is 14.4 Å².